The second-order valence-electron chi connectivity index (χ2n) is 9.86. The van der Waals surface area contributed by atoms with E-state index in [-0.39, 0.29) is 12.2 Å². The van der Waals surface area contributed by atoms with Crippen molar-refractivity contribution in [3.05, 3.63) is 119 Å². The molecule has 3 aromatic carbocycles. The molecule has 0 aliphatic carbocycles. The van der Waals surface area contributed by atoms with E-state index >= 15 is 0 Å². The molecule has 0 bridgehead atoms. The number of allylic oxidation sites excluding steroid dienone is 1. The highest BCUT2D eigenvalue weighted by atomic mass is 35.5. The minimum absolute atomic E-state index is 0.191. The summed E-state index contributed by atoms with van der Waals surface area (Å²) in [4.78, 5) is 32.5. The summed E-state index contributed by atoms with van der Waals surface area (Å²) < 4.78 is 25.1. The number of esters is 1. The summed E-state index contributed by atoms with van der Waals surface area (Å²) in [5, 5.41) is 0.668. The smallest absolute Gasteiger partial charge is 0.338 e. The van der Waals surface area contributed by atoms with Crippen LogP contribution >= 0.6 is 22.9 Å². The quantitative estimate of drug-likeness (QED) is 0.193. The highest BCUT2D eigenvalue weighted by Gasteiger charge is 2.34. The van der Waals surface area contributed by atoms with Gasteiger partial charge in [-0.1, -0.05) is 53.3 Å². The third kappa shape index (κ3) is 6.74. The first-order valence-electron chi connectivity index (χ1n) is 14.4. The van der Waals surface area contributed by atoms with Crippen LogP contribution in [0, 0.1) is 0 Å². The van der Waals surface area contributed by atoms with Crippen LogP contribution in [0.15, 0.2) is 87.8 Å². The Balaban J connectivity index is 1.57. The first-order valence-corrected chi connectivity index (χ1v) is 15.6. The average Bonchev–Trinajstić information content (AvgIpc) is 3.31. The lowest BCUT2D eigenvalue weighted by Gasteiger charge is -2.25. The van der Waals surface area contributed by atoms with E-state index in [4.69, 9.17) is 30.5 Å². The Kier molecular flexibility index (Phi) is 9.87. The Morgan fingerprint density at radius 3 is 2.43 bits per heavy atom. The predicted molar refractivity (Wildman–Crippen MR) is 171 cm³/mol. The summed E-state index contributed by atoms with van der Waals surface area (Å²) in [6.07, 6.45) is 1.81. The van der Waals surface area contributed by atoms with Gasteiger partial charge < -0.3 is 18.9 Å². The van der Waals surface area contributed by atoms with Gasteiger partial charge in [0.2, 0.25) is 0 Å². The Morgan fingerprint density at radius 1 is 0.955 bits per heavy atom. The van der Waals surface area contributed by atoms with Crippen LogP contribution in [0.25, 0.3) is 6.08 Å². The van der Waals surface area contributed by atoms with Crippen molar-refractivity contribution in [1.82, 2.24) is 4.57 Å². The molecule has 0 radical (unpaired) electrons. The van der Waals surface area contributed by atoms with Crippen molar-refractivity contribution in [2.45, 2.75) is 40.3 Å². The number of hydrogen-bond acceptors (Lipinski definition) is 8. The minimum Gasteiger partial charge on any atom is -0.490 e. The van der Waals surface area contributed by atoms with Gasteiger partial charge >= 0.3 is 5.97 Å². The van der Waals surface area contributed by atoms with Crippen LogP contribution in [0.1, 0.15) is 50.4 Å². The molecule has 0 unspecified atom stereocenters. The highest BCUT2D eigenvalue weighted by Crippen LogP contribution is 2.36. The minimum atomic E-state index is -0.767. The number of ether oxygens (including phenoxy) is 4. The van der Waals surface area contributed by atoms with Crippen LogP contribution in [-0.4, -0.2) is 30.4 Å². The third-order valence-electron chi connectivity index (χ3n) is 6.87. The molecular weight excluding hydrogens is 600 g/mol. The molecule has 1 atom stereocenters. The first kappa shape index (κ1) is 31.1. The number of thiazole rings is 1. The number of hydrogen-bond donors (Lipinski definition) is 0. The second-order valence-corrected chi connectivity index (χ2v) is 11.3. The zero-order valence-electron chi connectivity index (χ0n) is 25.0. The summed E-state index contributed by atoms with van der Waals surface area (Å²) >= 11 is 7.25. The van der Waals surface area contributed by atoms with Crippen LogP contribution in [0.5, 0.6) is 17.2 Å². The molecule has 0 N–H and O–H groups in total. The maximum absolute atomic E-state index is 14.0. The van der Waals surface area contributed by atoms with Gasteiger partial charge in [-0.15, -0.1) is 0 Å². The largest absolute Gasteiger partial charge is 0.490 e. The van der Waals surface area contributed by atoms with Crippen molar-refractivity contribution >= 4 is 35.0 Å². The van der Waals surface area contributed by atoms with E-state index in [0.717, 1.165) is 11.1 Å². The predicted octanol–water partition coefficient (Wildman–Crippen LogP) is 5.83. The van der Waals surface area contributed by atoms with E-state index in [9.17, 15) is 9.59 Å². The Hall–Kier alpha value is -4.34. The topological polar surface area (TPSA) is 88.4 Å². The van der Waals surface area contributed by atoms with Gasteiger partial charge in [-0.25, -0.2) is 9.79 Å². The number of carbonyl (C=O) groups excluding carboxylic acids is 1. The number of benzene rings is 3. The summed E-state index contributed by atoms with van der Waals surface area (Å²) in [6, 6.07) is 19.7. The van der Waals surface area contributed by atoms with E-state index < -0.39 is 12.0 Å². The molecule has 10 heteroatoms. The lowest BCUT2D eigenvalue weighted by Crippen LogP contribution is -2.40. The molecule has 1 aliphatic heterocycles. The summed E-state index contributed by atoms with van der Waals surface area (Å²) in [7, 11) is 0. The fourth-order valence-corrected chi connectivity index (χ4v) is 6.11. The molecular formula is C34H33ClN2O6S. The van der Waals surface area contributed by atoms with Gasteiger partial charge in [0, 0.05) is 5.02 Å². The lowest BCUT2D eigenvalue weighted by molar-refractivity contribution is -0.139. The monoisotopic (exact) mass is 632 g/mol. The summed E-state index contributed by atoms with van der Waals surface area (Å²) in [5.41, 5.74) is 2.98. The molecule has 5 rings (SSSR count). The Labute approximate surface area is 264 Å². The molecule has 228 valence electrons. The molecule has 2 heterocycles. The van der Waals surface area contributed by atoms with E-state index in [1.807, 2.05) is 80.6 Å². The van der Waals surface area contributed by atoms with Crippen molar-refractivity contribution in [3.8, 4) is 17.2 Å². The van der Waals surface area contributed by atoms with E-state index in [0.29, 0.717) is 68.3 Å². The fraction of sp³-hybridized carbons (Fsp3) is 0.265. The van der Waals surface area contributed by atoms with Crippen LogP contribution < -0.4 is 29.1 Å². The molecule has 0 amide bonds. The van der Waals surface area contributed by atoms with Gasteiger partial charge in [0.15, 0.2) is 16.3 Å². The molecule has 1 aromatic heterocycles. The number of halogens is 1. The highest BCUT2D eigenvalue weighted by molar-refractivity contribution is 7.07. The van der Waals surface area contributed by atoms with Gasteiger partial charge in [0.25, 0.3) is 5.56 Å². The third-order valence-corrected chi connectivity index (χ3v) is 8.11. The van der Waals surface area contributed by atoms with Gasteiger partial charge in [0.05, 0.1) is 41.7 Å². The summed E-state index contributed by atoms with van der Waals surface area (Å²) in [6.45, 7) is 8.75. The molecule has 4 aromatic rings. The van der Waals surface area contributed by atoms with E-state index in [2.05, 4.69) is 4.99 Å². The maximum Gasteiger partial charge on any atom is 0.338 e. The molecule has 44 heavy (non-hydrogen) atoms. The van der Waals surface area contributed by atoms with Crippen LogP contribution in [-0.2, 0) is 16.1 Å². The molecule has 0 saturated carbocycles. The van der Waals surface area contributed by atoms with Gasteiger partial charge in [-0.2, -0.15) is 0 Å². The number of aromatic nitrogens is 1. The van der Waals surface area contributed by atoms with Crippen molar-refractivity contribution in [1.29, 1.82) is 0 Å². The van der Waals surface area contributed by atoms with Crippen LogP contribution in [0.4, 0.5) is 0 Å². The van der Waals surface area contributed by atoms with Crippen molar-refractivity contribution < 1.29 is 23.7 Å². The van der Waals surface area contributed by atoms with Crippen molar-refractivity contribution in [2.75, 3.05) is 19.8 Å². The molecule has 1 aliphatic rings. The van der Waals surface area contributed by atoms with E-state index in [1.54, 1.807) is 24.5 Å². The Bertz CT molecular complexity index is 1880. The number of carbonyl (C=O) groups is 1. The average molecular weight is 633 g/mol. The molecule has 0 spiro atoms. The standard InChI is InChI=1S/C34H33ClN2O6S/c1-5-40-27-16-13-24(19-28(27)41-6-2)31-30(33(39)42-7-3)21(4)36-34-37(31)32(38)29(44-34)18-23-9-8-10-26(17-23)43-20-22-11-14-25(35)15-12-22/h8-19,31H,5-7,20H2,1-4H3/b29-18-/t31-/m1/s1. The first-order chi connectivity index (χ1) is 21.3. The van der Waals surface area contributed by atoms with Crippen LogP contribution in [0.2, 0.25) is 5.02 Å². The SMILES string of the molecule is CCOC(=O)C1=C(C)N=c2s/c(=C\c3cccc(OCc4ccc(Cl)cc4)c3)c(=O)n2[C@@H]1c1ccc(OCC)c(OCC)c1. The van der Waals surface area contributed by atoms with Gasteiger partial charge in [-0.05, 0) is 86.9 Å². The lowest BCUT2D eigenvalue weighted by atomic mass is 9.95. The van der Waals surface area contributed by atoms with Crippen LogP contribution in [0.3, 0.4) is 0 Å². The second kappa shape index (κ2) is 14.0. The number of nitrogens with zero attached hydrogens (tertiary/aromatic N) is 2. The maximum atomic E-state index is 14.0. The number of rotatable bonds is 11. The summed E-state index contributed by atoms with van der Waals surface area (Å²) in [5.74, 6) is 1.26. The molecule has 0 saturated heterocycles. The number of fused-ring (bicyclic) bond motifs is 1. The van der Waals surface area contributed by atoms with E-state index in [1.165, 1.54) is 11.3 Å². The van der Waals surface area contributed by atoms with Gasteiger partial charge in [0.1, 0.15) is 12.4 Å². The van der Waals surface area contributed by atoms with Crippen molar-refractivity contribution in [2.24, 2.45) is 4.99 Å². The zero-order chi connectivity index (χ0) is 31.2. The molecule has 8 nitrogen and oxygen atoms in total. The normalized spacial score (nSPS) is 14.6. The fourth-order valence-electron chi connectivity index (χ4n) is 4.94. The molecule has 0 fully saturated rings. The Morgan fingerprint density at radius 2 is 1.70 bits per heavy atom. The van der Waals surface area contributed by atoms with Crippen molar-refractivity contribution in [3.63, 3.8) is 0 Å². The van der Waals surface area contributed by atoms with Gasteiger partial charge in [-0.3, -0.25) is 9.36 Å². The zero-order valence-corrected chi connectivity index (χ0v) is 26.5.